The van der Waals surface area contributed by atoms with Crippen molar-refractivity contribution in [1.82, 2.24) is 24.9 Å². The quantitative estimate of drug-likeness (QED) is 0.111. The number of phenolic OH excluding ortho intramolecular Hbond substituents is 1. The number of aromatic nitrogens is 4. The van der Waals surface area contributed by atoms with Crippen LogP contribution in [0.4, 0.5) is 22.0 Å². The van der Waals surface area contributed by atoms with E-state index in [0.29, 0.717) is 22.7 Å². The lowest BCUT2D eigenvalue weighted by molar-refractivity contribution is -0.137. The van der Waals surface area contributed by atoms with E-state index in [-0.39, 0.29) is 29.1 Å². The molecule has 1 amide bonds. The van der Waals surface area contributed by atoms with Gasteiger partial charge < -0.3 is 24.6 Å². The molecule has 0 unspecified atom stereocenters. The molecule has 68 heavy (non-hydrogen) atoms. The molecular formula is C53H44F5N5O5. The van der Waals surface area contributed by atoms with Crippen LogP contribution in [0.2, 0.25) is 0 Å². The van der Waals surface area contributed by atoms with Gasteiger partial charge in [0.15, 0.2) is 0 Å². The average Bonchev–Trinajstić information content (AvgIpc) is 3.97. The zero-order valence-corrected chi connectivity index (χ0v) is 36.9. The zero-order chi connectivity index (χ0) is 48.0. The number of alkyl halides is 3. The maximum absolute atomic E-state index is 13.4. The minimum Gasteiger partial charge on any atom is -0.508 e. The SMILES string of the molecule is CC[C@H](Oc1ccc2c(cnn2-c2ccc(F)cc2)c1)c1cccc(O)c1.COc1cccc([C@@H](Oc2ccc3c(cnn3-c3ccc(F)cc3)c2)[C@H](C)NC(=O)c2ccc(C(F)(F)F)cc2)c1. The van der Waals surface area contributed by atoms with Crippen molar-refractivity contribution >= 4 is 27.7 Å². The van der Waals surface area contributed by atoms with Gasteiger partial charge in [0.2, 0.25) is 0 Å². The van der Waals surface area contributed by atoms with Crippen LogP contribution in [0.25, 0.3) is 33.2 Å². The molecule has 2 aromatic heterocycles. The molecule has 9 aromatic rings. The molecular weight excluding hydrogens is 882 g/mol. The van der Waals surface area contributed by atoms with Gasteiger partial charge in [0, 0.05) is 16.3 Å². The number of nitrogens with zero attached hydrogens (tertiary/aromatic N) is 4. The number of methoxy groups -OCH3 is 1. The summed E-state index contributed by atoms with van der Waals surface area (Å²) in [5.41, 5.74) is 4.09. The summed E-state index contributed by atoms with van der Waals surface area (Å²) in [6, 6.07) is 41.1. The zero-order valence-electron chi connectivity index (χ0n) is 36.9. The summed E-state index contributed by atoms with van der Waals surface area (Å²) in [6.45, 7) is 3.79. The monoisotopic (exact) mass is 925 g/mol. The van der Waals surface area contributed by atoms with Crippen molar-refractivity contribution in [3.63, 3.8) is 0 Å². The molecule has 346 valence electrons. The molecule has 10 nitrogen and oxygen atoms in total. The van der Waals surface area contributed by atoms with E-state index in [0.717, 1.165) is 69.5 Å². The number of nitrogens with one attached hydrogen (secondary N) is 1. The summed E-state index contributed by atoms with van der Waals surface area (Å²) in [4.78, 5) is 13.0. The predicted molar refractivity (Wildman–Crippen MR) is 249 cm³/mol. The Balaban J connectivity index is 0.000000200. The van der Waals surface area contributed by atoms with Crippen LogP contribution in [0.15, 0.2) is 170 Å². The highest BCUT2D eigenvalue weighted by molar-refractivity contribution is 5.94. The fourth-order valence-electron chi connectivity index (χ4n) is 7.62. The Hall–Kier alpha value is -8.20. The van der Waals surface area contributed by atoms with Crippen LogP contribution < -0.4 is 19.5 Å². The molecule has 0 spiro atoms. The van der Waals surface area contributed by atoms with Crippen LogP contribution in [0.3, 0.4) is 0 Å². The number of hydrogen-bond donors (Lipinski definition) is 2. The molecule has 2 N–H and O–H groups in total. The molecule has 9 rings (SSSR count). The first-order valence-corrected chi connectivity index (χ1v) is 21.5. The molecule has 0 bridgehead atoms. The Kier molecular flexibility index (Phi) is 13.7. The van der Waals surface area contributed by atoms with Gasteiger partial charge in [-0.15, -0.1) is 0 Å². The van der Waals surface area contributed by atoms with E-state index in [2.05, 4.69) is 15.5 Å². The van der Waals surface area contributed by atoms with E-state index in [1.165, 1.54) is 31.4 Å². The predicted octanol–water partition coefficient (Wildman–Crippen LogP) is 12.5. The lowest BCUT2D eigenvalue weighted by Gasteiger charge is -2.27. The smallest absolute Gasteiger partial charge is 0.416 e. The van der Waals surface area contributed by atoms with E-state index >= 15 is 0 Å². The van der Waals surface area contributed by atoms with Crippen LogP contribution in [0.1, 0.15) is 59.5 Å². The summed E-state index contributed by atoms with van der Waals surface area (Å²) < 4.78 is 86.7. The van der Waals surface area contributed by atoms with Gasteiger partial charge in [-0.1, -0.05) is 31.2 Å². The third-order valence-corrected chi connectivity index (χ3v) is 11.1. The van der Waals surface area contributed by atoms with E-state index in [4.69, 9.17) is 14.2 Å². The first kappa shape index (κ1) is 46.3. The number of carbonyl (C=O) groups is 1. The maximum atomic E-state index is 13.4. The molecule has 0 saturated heterocycles. The molecule has 0 radical (unpaired) electrons. The number of ether oxygens (including phenoxy) is 3. The van der Waals surface area contributed by atoms with Gasteiger partial charge in [0.1, 0.15) is 46.8 Å². The Morgan fingerprint density at radius 3 is 1.74 bits per heavy atom. The maximum Gasteiger partial charge on any atom is 0.416 e. The van der Waals surface area contributed by atoms with Crippen molar-refractivity contribution in [3.05, 3.63) is 204 Å². The second kappa shape index (κ2) is 20.1. The van der Waals surface area contributed by atoms with Gasteiger partial charge in [-0.25, -0.2) is 18.1 Å². The van der Waals surface area contributed by atoms with Gasteiger partial charge in [0.05, 0.1) is 53.5 Å². The summed E-state index contributed by atoms with van der Waals surface area (Å²) in [7, 11) is 1.54. The first-order valence-electron chi connectivity index (χ1n) is 21.5. The largest absolute Gasteiger partial charge is 0.508 e. The van der Waals surface area contributed by atoms with Crippen LogP contribution >= 0.6 is 0 Å². The van der Waals surface area contributed by atoms with Crippen molar-refractivity contribution in [2.45, 2.75) is 44.7 Å². The number of amides is 1. The fourth-order valence-corrected chi connectivity index (χ4v) is 7.62. The summed E-state index contributed by atoms with van der Waals surface area (Å²) in [6.07, 6.45) is -1.13. The highest BCUT2D eigenvalue weighted by Gasteiger charge is 2.31. The highest BCUT2D eigenvalue weighted by atomic mass is 19.4. The molecule has 0 aliphatic carbocycles. The summed E-state index contributed by atoms with van der Waals surface area (Å²) in [5, 5.41) is 23.1. The van der Waals surface area contributed by atoms with Gasteiger partial charge in [-0.3, -0.25) is 4.79 Å². The molecule has 0 aliphatic rings. The van der Waals surface area contributed by atoms with E-state index in [9.17, 15) is 31.9 Å². The molecule has 3 atom stereocenters. The summed E-state index contributed by atoms with van der Waals surface area (Å²) in [5.74, 6) is 0.890. The van der Waals surface area contributed by atoms with Gasteiger partial charge in [0.25, 0.3) is 5.91 Å². The fraction of sp³-hybridized carbons (Fsp3) is 0.151. The summed E-state index contributed by atoms with van der Waals surface area (Å²) >= 11 is 0. The molecule has 0 fully saturated rings. The Labute approximate surface area is 387 Å². The van der Waals surface area contributed by atoms with Crippen molar-refractivity contribution in [2.24, 2.45) is 0 Å². The minimum absolute atomic E-state index is 0.0869. The standard InChI is InChI=1S/C31H25F4N3O3.C22H19FN2O2/c1-19(37-30(39)20-6-8-23(9-7-20)31(33,34)35)29(21-4-3-5-26(16-21)40-2)41-27-14-15-28-22(17-27)18-36-38(28)25-12-10-24(32)11-13-25;1-2-22(15-4-3-5-19(26)12-15)27-20-10-11-21-16(13-20)14-24-25(21)18-8-6-17(23)7-9-18/h3-19,29H,1-2H3,(H,37,39);3-14,22,26H,2H2,1H3/t19-,29-;22-/m00/s1. The van der Waals surface area contributed by atoms with Crippen LogP contribution in [-0.4, -0.2) is 43.7 Å². The van der Waals surface area contributed by atoms with Gasteiger partial charge in [-0.05, 0) is 158 Å². The first-order chi connectivity index (χ1) is 32.8. The number of rotatable bonds is 13. The number of benzene rings is 7. The van der Waals surface area contributed by atoms with E-state index in [1.807, 2.05) is 49.4 Å². The van der Waals surface area contributed by atoms with Crippen molar-refractivity contribution in [2.75, 3.05) is 7.11 Å². The average molecular weight is 926 g/mol. The minimum atomic E-state index is -4.50. The second-order valence-electron chi connectivity index (χ2n) is 15.8. The molecule has 15 heteroatoms. The number of carbonyl (C=O) groups excluding carboxylic acids is 1. The number of fused-ring (bicyclic) bond motifs is 2. The third-order valence-electron chi connectivity index (χ3n) is 11.1. The molecule has 0 aliphatic heterocycles. The van der Waals surface area contributed by atoms with Crippen molar-refractivity contribution in [1.29, 1.82) is 0 Å². The number of hydrogen-bond acceptors (Lipinski definition) is 7. The number of halogens is 5. The van der Waals surface area contributed by atoms with Gasteiger partial charge >= 0.3 is 6.18 Å². The van der Waals surface area contributed by atoms with E-state index in [1.54, 1.807) is 95.4 Å². The number of phenols is 1. The Bertz CT molecular complexity index is 3160. The van der Waals surface area contributed by atoms with Crippen LogP contribution in [-0.2, 0) is 6.18 Å². The second-order valence-corrected chi connectivity index (χ2v) is 15.8. The Morgan fingerprint density at radius 2 is 1.21 bits per heavy atom. The van der Waals surface area contributed by atoms with Crippen LogP contribution in [0, 0.1) is 11.6 Å². The Morgan fingerprint density at radius 1 is 0.662 bits per heavy atom. The number of aromatic hydroxyl groups is 1. The van der Waals surface area contributed by atoms with Crippen LogP contribution in [0.5, 0.6) is 23.0 Å². The molecule has 7 aromatic carbocycles. The lowest BCUT2D eigenvalue weighted by atomic mass is 10.0. The highest BCUT2D eigenvalue weighted by Crippen LogP contribution is 2.33. The van der Waals surface area contributed by atoms with E-state index < -0.39 is 29.8 Å². The third kappa shape index (κ3) is 10.7. The lowest BCUT2D eigenvalue weighted by Crippen LogP contribution is -2.39. The van der Waals surface area contributed by atoms with Crippen molar-refractivity contribution in [3.8, 4) is 34.4 Å². The van der Waals surface area contributed by atoms with Crippen molar-refractivity contribution < 1.29 is 46.1 Å². The topological polar surface area (TPSA) is 113 Å². The molecule has 0 saturated carbocycles. The normalized spacial score (nSPS) is 12.7. The molecule has 2 heterocycles. The van der Waals surface area contributed by atoms with Gasteiger partial charge in [-0.2, -0.15) is 23.4 Å².